The summed E-state index contributed by atoms with van der Waals surface area (Å²) in [5.74, 6) is -1.70. The fraction of sp³-hybridized carbons (Fsp3) is 0.417. The second-order valence-corrected chi connectivity index (χ2v) is 9.46. The molecule has 2 aromatic rings. The maximum Gasteiger partial charge on any atom is 0.243 e. The van der Waals surface area contributed by atoms with Gasteiger partial charge < -0.3 is 15.1 Å². The fourth-order valence-electron chi connectivity index (χ4n) is 4.96. The number of nitrogens with zero attached hydrogens (tertiary/aromatic N) is 2. The number of carbonyl (C=O) groups is 2. The molecule has 170 valence electrons. The summed E-state index contributed by atoms with van der Waals surface area (Å²) in [4.78, 5) is 29.0. The van der Waals surface area contributed by atoms with Gasteiger partial charge in [-0.3, -0.25) is 14.5 Å². The molecule has 0 bridgehead atoms. The van der Waals surface area contributed by atoms with Crippen LogP contribution in [0.4, 0.5) is 4.39 Å². The number of rotatable bonds is 5. The molecule has 1 fully saturated rings. The molecule has 1 aliphatic heterocycles. The van der Waals surface area contributed by atoms with E-state index in [1.807, 2.05) is 25.1 Å². The number of carbonyl (C=O) groups excluding carboxylic acids is 2. The molecule has 0 unspecified atom stereocenters. The zero-order valence-electron chi connectivity index (χ0n) is 17.7. The third-order valence-corrected chi connectivity index (χ3v) is 7.05. The Kier molecular flexibility index (Phi) is 6.65. The van der Waals surface area contributed by atoms with Crippen LogP contribution in [0.2, 0.25) is 0 Å². The second kappa shape index (κ2) is 9.29. The summed E-state index contributed by atoms with van der Waals surface area (Å²) in [6, 6.07) is 11.4. The first-order valence-electron chi connectivity index (χ1n) is 10.8. The Balaban J connectivity index is 1.53. The third kappa shape index (κ3) is 4.44. The highest BCUT2D eigenvalue weighted by Crippen LogP contribution is 2.38. The number of amides is 2. The molecule has 0 radical (unpaired) electrons. The smallest absolute Gasteiger partial charge is 0.243 e. The lowest BCUT2D eigenvalue weighted by Gasteiger charge is -2.33. The largest absolute Gasteiger partial charge is 0.351 e. The van der Waals surface area contributed by atoms with Crippen molar-refractivity contribution < 1.29 is 24.2 Å². The van der Waals surface area contributed by atoms with E-state index in [1.54, 1.807) is 17.0 Å². The third-order valence-electron chi connectivity index (χ3n) is 6.56. The van der Waals surface area contributed by atoms with Gasteiger partial charge in [-0.25, -0.2) is 4.39 Å². The van der Waals surface area contributed by atoms with Gasteiger partial charge in [0.1, 0.15) is 12.4 Å². The van der Waals surface area contributed by atoms with Crippen molar-refractivity contribution in [1.82, 2.24) is 9.80 Å². The number of halogens is 2. The SMILES string of the molecule is C[C@H]1CC[C@@H](c2ccc(F)cc2)N1C(=O)CN(C(=O)[C@H]1CCc2cc(Br)ccc21)C(O)O. The molecule has 1 saturated heterocycles. The van der Waals surface area contributed by atoms with Crippen LogP contribution < -0.4 is 0 Å². The predicted molar refractivity (Wildman–Crippen MR) is 120 cm³/mol. The first kappa shape index (κ1) is 22.9. The molecule has 0 spiro atoms. The number of aryl methyl sites for hydroxylation is 1. The number of likely N-dealkylation sites (tertiary alicyclic amines) is 1. The zero-order chi connectivity index (χ0) is 23.0. The van der Waals surface area contributed by atoms with Crippen molar-refractivity contribution in [2.75, 3.05) is 6.54 Å². The molecule has 2 aromatic carbocycles. The van der Waals surface area contributed by atoms with Gasteiger partial charge in [0, 0.05) is 10.5 Å². The number of hydrogen-bond acceptors (Lipinski definition) is 4. The van der Waals surface area contributed by atoms with Crippen LogP contribution in [0.15, 0.2) is 46.9 Å². The van der Waals surface area contributed by atoms with Gasteiger partial charge in [0.25, 0.3) is 0 Å². The molecule has 32 heavy (non-hydrogen) atoms. The van der Waals surface area contributed by atoms with E-state index in [9.17, 15) is 24.2 Å². The molecule has 8 heteroatoms. The van der Waals surface area contributed by atoms with E-state index in [0.717, 1.165) is 38.9 Å². The van der Waals surface area contributed by atoms with Gasteiger partial charge in [-0.15, -0.1) is 0 Å². The van der Waals surface area contributed by atoms with Gasteiger partial charge in [-0.2, -0.15) is 0 Å². The Morgan fingerprint density at radius 2 is 1.88 bits per heavy atom. The Morgan fingerprint density at radius 1 is 1.16 bits per heavy atom. The number of hydrogen-bond donors (Lipinski definition) is 2. The average molecular weight is 505 g/mol. The van der Waals surface area contributed by atoms with Crippen molar-refractivity contribution in [1.29, 1.82) is 0 Å². The quantitative estimate of drug-likeness (QED) is 0.611. The summed E-state index contributed by atoms with van der Waals surface area (Å²) >= 11 is 3.43. The molecule has 1 heterocycles. The summed E-state index contributed by atoms with van der Waals surface area (Å²) in [6.45, 7) is 1.49. The summed E-state index contributed by atoms with van der Waals surface area (Å²) in [7, 11) is 0. The summed E-state index contributed by atoms with van der Waals surface area (Å²) < 4.78 is 14.3. The lowest BCUT2D eigenvalue weighted by atomic mass is 10.00. The topological polar surface area (TPSA) is 81.1 Å². The molecule has 3 atom stereocenters. The van der Waals surface area contributed by atoms with Crippen LogP contribution in [0.25, 0.3) is 0 Å². The lowest BCUT2D eigenvalue weighted by Crippen LogP contribution is -2.50. The second-order valence-electron chi connectivity index (χ2n) is 8.54. The molecule has 2 amide bonds. The Hall–Kier alpha value is -2.29. The van der Waals surface area contributed by atoms with Gasteiger partial charge in [0.2, 0.25) is 18.2 Å². The predicted octanol–water partition coefficient (Wildman–Crippen LogP) is 3.47. The highest BCUT2D eigenvalue weighted by molar-refractivity contribution is 9.10. The molecule has 2 N–H and O–H groups in total. The standard InChI is InChI=1S/C24H26BrFN2O4/c1-14-2-11-21(15-3-7-18(26)8-4-15)28(14)22(29)13-27(24(31)32)23(30)20-9-5-16-12-17(25)6-10-19(16)20/h3-4,6-8,10,12,14,20-21,24,31-32H,2,5,9,11,13H2,1H3/t14-,20-,21-/m0/s1. The van der Waals surface area contributed by atoms with Gasteiger partial charge in [-0.05, 0) is 73.6 Å². The highest BCUT2D eigenvalue weighted by Gasteiger charge is 2.39. The minimum absolute atomic E-state index is 0.0742. The van der Waals surface area contributed by atoms with Gasteiger partial charge in [-0.1, -0.05) is 34.1 Å². The Labute approximate surface area is 194 Å². The van der Waals surface area contributed by atoms with Gasteiger partial charge in [0.05, 0.1) is 12.0 Å². The van der Waals surface area contributed by atoms with Crippen LogP contribution in [0, 0.1) is 5.82 Å². The first-order chi connectivity index (χ1) is 15.3. The van der Waals surface area contributed by atoms with Gasteiger partial charge in [0.15, 0.2) is 0 Å². The molecule has 0 saturated carbocycles. The normalized spacial score (nSPS) is 22.3. The van der Waals surface area contributed by atoms with Gasteiger partial charge >= 0.3 is 0 Å². The molecule has 2 aliphatic rings. The van der Waals surface area contributed by atoms with E-state index >= 15 is 0 Å². The van der Waals surface area contributed by atoms with Crippen molar-refractivity contribution in [2.45, 2.75) is 57.0 Å². The van der Waals surface area contributed by atoms with Crippen LogP contribution in [0.1, 0.15) is 54.8 Å². The molecule has 1 aliphatic carbocycles. The summed E-state index contributed by atoms with van der Waals surface area (Å²) in [6.07, 6.45) is 0.686. The van der Waals surface area contributed by atoms with E-state index in [-0.39, 0.29) is 23.8 Å². The maximum absolute atomic E-state index is 13.3. The van der Waals surface area contributed by atoms with E-state index in [1.165, 1.54) is 12.1 Å². The number of benzene rings is 2. The van der Waals surface area contributed by atoms with E-state index < -0.39 is 24.8 Å². The van der Waals surface area contributed by atoms with Crippen LogP contribution in [-0.4, -0.2) is 50.8 Å². The van der Waals surface area contributed by atoms with Crippen LogP contribution in [-0.2, 0) is 16.0 Å². The summed E-state index contributed by atoms with van der Waals surface area (Å²) in [5, 5.41) is 19.9. The molecule has 6 nitrogen and oxygen atoms in total. The molecule has 0 aromatic heterocycles. The van der Waals surface area contributed by atoms with Crippen molar-refractivity contribution >= 4 is 27.7 Å². The van der Waals surface area contributed by atoms with Crippen molar-refractivity contribution in [2.24, 2.45) is 0 Å². The number of aliphatic hydroxyl groups excluding tert-OH is 1. The van der Waals surface area contributed by atoms with Crippen molar-refractivity contribution in [3.63, 3.8) is 0 Å². The summed E-state index contributed by atoms with van der Waals surface area (Å²) in [5.41, 5.74) is 2.72. The maximum atomic E-state index is 13.3. The number of aliphatic hydroxyl groups is 2. The molecule has 4 rings (SSSR count). The minimum Gasteiger partial charge on any atom is -0.351 e. The Bertz CT molecular complexity index is 1010. The van der Waals surface area contributed by atoms with Crippen LogP contribution in [0.5, 0.6) is 0 Å². The monoisotopic (exact) mass is 504 g/mol. The van der Waals surface area contributed by atoms with Crippen molar-refractivity contribution in [3.05, 3.63) is 69.4 Å². The zero-order valence-corrected chi connectivity index (χ0v) is 19.3. The van der Waals surface area contributed by atoms with Crippen LogP contribution >= 0.6 is 15.9 Å². The van der Waals surface area contributed by atoms with E-state index in [0.29, 0.717) is 12.8 Å². The molecular weight excluding hydrogens is 479 g/mol. The minimum atomic E-state index is -2.08. The first-order valence-corrected chi connectivity index (χ1v) is 11.6. The Morgan fingerprint density at radius 3 is 2.56 bits per heavy atom. The number of fused-ring (bicyclic) bond motifs is 1. The van der Waals surface area contributed by atoms with Crippen LogP contribution in [0.3, 0.4) is 0 Å². The highest BCUT2D eigenvalue weighted by atomic mass is 79.9. The van der Waals surface area contributed by atoms with E-state index in [2.05, 4.69) is 15.9 Å². The molecular formula is C24H26BrFN2O4. The lowest BCUT2D eigenvalue weighted by molar-refractivity contribution is -0.182. The fourth-order valence-corrected chi connectivity index (χ4v) is 5.37. The van der Waals surface area contributed by atoms with Crippen molar-refractivity contribution in [3.8, 4) is 0 Å². The van der Waals surface area contributed by atoms with E-state index in [4.69, 9.17) is 0 Å². The average Bonchev–Trinajstić information content (AvgIpc) is 3.35.